The van der Waals surface area contributed by atoms with Crippen LogP contribution in [0.15, 0.2) is 23.2 Å². The van der Waals surface area contributed by atoms with Gasteiger partial charge in [0.1, 0.15) is 5.82 Å². The van der Waals surface area contributed by atoms with Crippen molar-refractivity contribution in [3.05, 3.63) is 35.1 Å². The highest BCUT2D eigenvalue weighted by molar-refractivity contribution is 5.80. The van der Waals surface area contributed by atoms with Crippen molar-refractivity contribution in [1.82, 2.24) is 16.0 Å². The lowest BCUT2D eigenvalue weighted by Gasteiger charge is -2.12. The summed E-state index contributed by atoms with van der Waals surface area (Å²) >= 11 is 0. The molecular formula is C19H29FN4O. The SMILES string of the molecule is CCNC(=NCCCC(=O)NC1CC1)NCCc1ccc(F)cc1C. The number of rotatable bonds is 9. The second-order valence-corrected chi connectivity index (χ2v) is 6.45. The van der Waals surface area contributed by atoms with Crippen LogP contribution < -0.4 is 16.0 Å². The molecule has 1 saturated carbocycles. The van der Waals surface area contributed by atoms with Gasteiger partial charge in [-0.05, 0) is 62.8 Å². The molecule has 0 saturated heterocycles. The third-order valence-electron chi connectivity index (χ3n) is 4.11. The van der Waals surface area contributed by atoms with Crippen molar-refractivity contribution in [3.63, 3.8) is 0 Å². The number of guanidine groups is 1. The number of aryl methyl sites for hydroxylation is 1. The van der Waals surface area contributed by atoms with Crippen molar-refractivity contribution < 1.29 is 9.18 Å². The van der Waals surface area contributed by atoms with Crippen molar-refractivity contribution in [1.29, 1.82) is 0 Å². The summed E-state index contributed by atoms with van der Waals surface area (Å²) in [5.74, 6) is 0.683. The fraction of sp³-hybridized carbons (Fsp3) is 0.579. The van der Waals surface area contributed by atoms with E-state index >= 15 is 0 Å². The predicted molar refractivity (Wildman–Crippen MR) is 99.2 cm³/mol. The Balaban J connectivity index is 1.70. The molecule has 6 heteroatoms. The normalized spacial score (nSPS) is 14.3. The first-order valence-electron chi connectivity index (χ1n) is 9.15. The Morgan fingerprint density at radius 1 is 1.32 bits per heavy atom. The van der Waals surface area contributed by atoms with Gasteiger partial charge in [0, 0.05) is 32.1 Å². The van der Waals surface area contributed by atoms with E-state index in [0.29, 0.717) is 19.0 Å². The molecule has 0 unspecified atom stereocenters. The summed E-state index contributed by atoms with van der Waals surface area (Å²) < 4.78 is 13.1. The first-order chi connectivity index (χ1) is 12.1. The minimum atomic E-state index is -0.199. The van der Waals surface area contributed by atoms with Gasteiger partial charge >= 0.3 is 0 Å². The van der Waals surface area contributed by atoms with E-state index in [0.717, 1.165) is 55.9 Å². The van der Waals surface area contributed by atoms with Gasteiger partial charge in [0.2, 0.25) is 5.91 Å². The zero-order chi connectivity index (χ0) is 18.1. The van der Waals surface area contributed by atoms with Crippen LogP contribution in [0.3, 0.4) is 0 Å². The van der Waals surface area contributed by atoms with Gasteiger partial charge in [-0.25, -0.2) is 4.39 Å². The van der Waals surface area contributed by atoms with E-state index in [1.807, 2.05) is 19.9 Å². The molecule has 0 heterocycles. The Kier molecular flexibility index (Phi) is 7.70. The summed E-state index contributed by atoms with van der Waals surface area (Å²) in [6.45, 7) is 6.06. The summed E-state index contributed by atoms with van der Waals surface area (Å²) in [6.07, 6.45) is 4.30. The topological polar surface area (TPSA) is 65.5 Å². The number of amides is 1. The molecule has 0 spiro atoms. The molecular weight excluding hydrogens is 319 g/mol. The maximum absolute atomic E-state index is 13.1. The van der Waals surface area contributed by atoms with Crippen LogP contribution in [0, 0.1) is 12.7 Å². The predicted octanol–water partition coefficient (Wildman–Crippen LogP) is 2.29. The fourth-order valence-electron chi connectivity index (χ4n) is 2.56. The molecule has 1 fully saturated rings. The van der Waals surface area contributed by atoms with Crippen molar-refractivity contribution in [2.24, 2.45) is 4.99 Å². The third kappa shape index (κ3) is 7.54. The minimum Gasteiger partial charge on any atom is -0.357 e. The van der Waals surface area contributed by atoms with Crippen LogP contribution in [0.1, 0.15) is 43.7 Å². The Morgan fingerprint density at radius 2 is 2.12 bits per heavy atom. The molecule has 0 bridgehead atoms. The van der Waals surface area contributed by atoms with Gasteiger partial charge in [-0.1, -0.05) is 6.07 Å². The molecule has 1 aromatic carbocycles. The molecule has 0 atom stereocenters. The van der Waals surface area contributed by atoms with E-state index < -0.39 is 0 Å². The molecule has 5 nitrogen and oxygen atoms in total. The number of nitrogens with one attached hydrogen (secondary N) is 3. The summed E-state index contributed by atoms with van der Waals surface area (Å²) in [4.78, 5) is 16.1. The maximum atomic E-state index is 13.1. The molecule has 1 aliphatic rings. The van der Waals surface area contributed by atoms with Gasteiger partial charge in [-0.3, -0.25) is 9.79 Å². The van der Waals surface area contributed by atoms with E-state index in [2.05, 4.69) is 20.9 Å². The Labute approximate surface area is 149 Å². The van der Waals surface area contributed by atoms with Gasteiger partial charge in [0.25, 0.3) is 0 Å². The molecule has 1 aromatic rings. The molecule has 0 aliphatic heterocycles. The number of aliphatic imine (C=N–C) groups is 1. The summed E-state index contributed by atoms with van der Waals surface area (Å²) in [7, 11) is 0. The molecule has 138 valence electrons. The number of carbonyl (C=O) groups is 1. The van der Waals surface area contributed by atoms with Gasteiger partial charge in [0.05, 0.1) is 0 Å². The number of nitrogens with zero attached hydrogens (tertiary/aromatic N) is 1. The van der Waals surface area contributed by atoms with Crippen LogP contribution in [0.5, 0.6) is 0 Å². The first kappa shape index (κ1) is 19.2. The van der Waals surface area contributed by atoms with E-state index in [-0.39, 0.29) is 11.7 Å². The van der Waals surface area contributed by atoms with E-state index in [9.17, 15) is 9.18 Å². The highest BCUT2D eigenvalue weighted by atomic mass is 19.1. The standard InChI is InChI=1S/C19H29FN4O/c1-3-21-19(22-11-4-5-18(25)24-17-8-9-17)23-12-10-15-6-7-16(20)13-14(15)2/h6-7,13,17H,3-5,8-12H2,1-2H3,(H,24,25)(H2,21,22,23). The molecule has 2 rings (SSSR count). The zero-order valence-corrected chi connectivity index (χ0v) is 15.2. The minimum absolute atomic E-state index is 0.127. The fourth-order valence-corrected chi connectivity index (χ4v) is 2.56. The van der Waals surface area contributed by atoms with E-state index in [1.54, 1.807) is 6.07 Å². The lowest BCUT2D eigenvalue weighted by atomic mass is 10.1. The highest BCUT2D eigenvalue weighted by Crippen LogP contribution is 2.18. The largest absolute Gasteiger partial charge is 0.357 e. The van der Waals surface area contributed by atoms with Gasteiger partial charge in [0.15, 0.2) is 5.96 Å². The first-order valence-corrected chi connectivity index (χ1v) is 9.15. The van der Waals surface area contributed by atoms with Crippen molar-refractivity contribution in [2.75, 3.05) is 19.6 Å². The third-order valence-corrected chi connectivity index (χ3v) is 4.11. The van der Waals surface area contributed by atoms with Crippen LogP contribution in [0.2, 0.25) is 0 Å². The van der Waals surface area contributed by atoms with Crippen LogP contribution in [0.25, 0.3) is 0 Å². The second kappa shape index (κ2) is 10.0. The lowest BCUT2D eigenvalue weighted by molar-refractivity contribution is -0.121. The van der Waals surface area contributed by atoms with Crippen LogP contribution in [-0.4, -0.2) is 37.5 Å². The average molecular weight is 348 g/mol. The van der Waals surface area contributed by atoms with E-state index in [4.69, 9.17) is 0 Å². The van der Waals surface area contributed by atoms with E-state index in [1.165, 1.54) is 6.07 Å². The van der Waals surface area contributed by atoms with Crippen molar-refractivity contribution >= 4 is 11.9 Å². The van der Waals surface area contributed by atoms with Crippen molar-refractivity contribution in [3.8, 4) is 0 Å². The summed E-state index contributed by atoms with van der Waals surface area (Å²) in [5, 5.41) is 9.47. The van der Waals surface area contributed by atoms with Gasteiger partial charge in [-0.2, -0.15) is 0 Å². The van der Waals surface area contributed by atoms with Crippen LogP contribution >= 0.6 is 0 Å². The lowest BCUT2D eigenvalue weighted by Crippen LogP contribution is -2.38. The monoisotopic (exact) mass is 348 g/mol. The molecule has 1 aliphatic carbocycles. The summed E-state index contributed by atoms with van der Waals surface area (Å²) in [5.41, 5.74) is 2.09. The molecule has 0 aromatic heterocycles. The molecule has 3 N–H and O–H groups in total. The number of hydrogen-bond donors (Lipinski definition) is 3. The molecule has 25 heavy (non-hydrogen) atoms. The van der Waals surface area contributed by atoms with Gasteiger partial charge < -0.3 is 16.0 Å². The van der Waals surface area contributed by atoms with Crippen LogP contribution in [-0.2, 0) is 11.2 Å². The number of carbonyl (C=O) groups excluding carboxylic acids is 1. The van der Waals surface area contributed by atoms with Crippen LogP contribution in [0.4, 0.5) is 4.39 Å². The Morgan fingerprint density at radius 3 is 2.80 bits per heavy atom. The number of benzene rings is 1. The number of halogens is 1. The summed E-state index contributed by atoms with van der Waals surface area (Å²) in [6, 6.07) is 5.30. The average Bonchev–Trinajstić information content (AvgIpc) is 3.37. The van der Waals surface area contributed by atoms with Gasteiger partial charge in [-0.15, -0.1) is 0 Å². The Bertz CT molecular complexity index is 599. The molecule has 1 amide bonds. The quantitative estimate of drug-likeness (QED) is 0.364. The molecule has 0 radical (unpaired) electrons. The second-order valence-electron chi connectivity index (χ2n) is 6.45. The maximum Gasteiger partial charge on any atom is 0.220 e. The Hall–Kier alpha value is -2.11. The number of hydrogen-bond acceptors (Lipinski definition) is 2. The van der Waals surface area contributed by atoms with Crippen molar-refractivity contribution in [2.45, 2.75) is 52.0 Å². The zero-order valence-electron chi connectivity index (χ0n) is 15.2. The highest BCUT2D eigenvalue weighted by Gasteiger charge is 2.22. The smallest absolute Gasteiger partial charge is 0.220 e.